The Morgan fingerprint density at radius 3 is 2.69 bits per heavy atom. The van der Waals surface area contributed by atoms with E-state index >= 15 is 0 Å². The van der Waals surface area contributed by atoms with Gasteiger partial charge in [-0.25, -0.2) is 4.98 Å². The Balaban J connectivity index is 1.53. The Hall–Kier alpha value is -2.92. The predicted octanol–water partition coefficient (Wildman–Crippen LogP) is 3.28. The average Bonchev–Trinajstić information content (AvgIpc) is 3.18. The molecule has 3 N–H and O–H groups in total. The van der Waals surface area contributed by atoms with E-state index in [1.807, 2.05) is 18.2 Å². The van der Waals surface area contributed by atoms with Gasteiger partial charge in [0.1, 0.15) is 6.10 Å². The molecule has 1 amide bonds. The molecule has 1 heterocycles. The van der Waals surface area contributed by atoms with Gasteiger partial charge >= 0.3 is 0 Å². The maximum Gasteiger partial charge on any atom is 0.286 e. The average molecular weight is 348 g/mol. The smallest absolute Gasteiger partial charge is 0.286 e. The van der Waals surface area contributed by atoms with E-state index in [0.29, 0.717) is 0 Å². The van der Waals surface area contributed by atoms with Gasteiger partial charge in [0.2, 0.25) is 11.7 Å². The van der Waals surface area contributed by atoms with E-state index in [2.05, 4.69) is 35.3 Å². The Bertz CT molecular complexity index is 933. The normalized spacial score (nSPS) is 17.5. The predicted molar refractivity (Wildman–Crippen MR) is 97.4 cm³/mol. The van der Waals surface area contributed by atoms with Crippen LogP contribution in [0.15, 0.2) is 59.1 Å². The molecule has 0 saturated carbocycles. The topological polar surface area (TPSA) is 89.4 Å². The number of fused-ring (bicyclic) bond motifs is 1. The zero-order valence-corrected chi connectivity index (χ0v) is 14.3. The highest BCUT2D eigenvalue weighted by molar-refractivity contribution is 5.89. The number of nitrogens with two attached hydrogens (primary N) is 1. The zero-order chi connectivity index (χ0) is 18.1. The molecule has 2 atom stereocenters. The van der Waals surface area contributed by atoms with E-state index in [0.717, 1.165) is 19.3 Å². The van der Waals surface area contributed by atoms with Crippen LogP contribution >= 0.6 is 0 Å². The summed E-state index contributed by atoms with van der Waals surface area (Å²) in [5.74, 6) is -0.543. The van der Waals surface area contributed by atoms with Crippen LogP contribution in [0.1, 0.15) is 40.1 Å². The summed E-state index contributed by atoms with van der Waals surface area (Å²) in [6, 6.07) is 16.8. The fourth-order valence-electron chi connectivity index (χ4n) is 3.60. The number of hydrogen-bond acceptors (Lipinski definition) is 4. The molecular formula is C21H20N2O3. The van der Waals surface area contributed by atoms with E-state index in [1.165, 1.54) is 28.5 Å². The summed E-state index contributed by atoms with van der Waals surface area (Å²) in [4.78, 5) is 15.1. The van der Waals surface area contributed by atoms with Crippen LogP contribution in [0, 0.1) is 5.92 Å². The van der Waals surface area contributed by atoms with Crippen molar-refractivity contribution in [3.8, 4) is 11.1 Å². The van der Waals surface area contributed by atoms with E-state index in [-0.39, 0.29) is 17.6 Å². The van der Waals surface area contributed by atoms with Crippen molar-refractivity contribution in [3.05, 3.63) is 77.5 Å². The van der Waals surface area contributed by atoms with E-state index in [9.17, 15) is 9.90 Å². The van der Waals surface area contributed by atoms with Gasteiger partial charge in [0.15, 0.2) is 0 Å². The summed E-state index contributed by atoms with van der Waals surface area (Å²) in [6.07, 6.45) is 2.90. The number of aliphatic hydroxyl groups is 1. The lowest BCUT2D eigenvalue weighted by molar-refractivity contribution is 0.0706. The number of benzene rings is 2. The van der Waals surface area contributed by atoms with Gasteiger partial charge in [-0.05, 0) is 47.4 Å². The Labute approximate surface area is 151 Å². The molecular weight excluding hydrogens is 328 g/mol. The van der Waals surface area contributed by atoms with Gasteiger partial charge in [-0.1, -0.05) is 48.5 Å². The van der Waals surface area contributed by atoms with Crippen LogP contribution in [0.25, 0.3) is 11.1 Å². The second kappa shape index (κ2) is 6.77. The van der Waals surface area contributed by atoms with Gasteiger partial charge in [0.05, 0.1) is 6.20 Å². The summed E-state index contributed by atoms with van der Waals surface area (Å²) in [5, 5.41) is 10.6. The number of hydrogen-bond donors (Lipinski definition) is 2. The monoisotopic (exact) mass is 348 g/mol. The number of carbonyl (C=O) groups excluding carboxylic acids is 1. The summed E-state index contributed by atoms with van der Waals surface area (Å²) < 4.78 is 5.29. The van der Waals surface area contributed by atoms with Crippen LogP contribution < -0.4 is 5.73 Å². The van der Waals surface area contributed by atoms with Gasteiger partial charge < -0.3 is 15.3 Å². The number of rotatable bonds is 4. The standard InChI is InChI=1S/C21H20N2O3/c22-20(25)18-12-23-21(26-18)19(24)17-9-8-15-10-14(6-7-16(15)11-17)13-4-2-1-3-5-13/h1-7,10,12,17,19,24H,8-9,11H2,(H2,22,25). The van der Waals surface area contributed by atoms with Crippen LogP contribution in [-0.4, -0.2) is 16.0 Å². The SMILES string of the molecule is NC(=O)c1cnc(C(O)C2CCc3cc(-c4ccccc4)ccc3C2)o1. The molecule has 1 aromatic heterocycles. The quantitative estimate of drug-likeness (QED) is 0.757. The number of amides is 1. The third-order valence-corrected chi connectivity index (χ3v) is 5.05. The fourth-order valence-corrected chi connectivity index (χ4v) is 3.60. The molecule has 0 spiro atoms. The first-order chi connectivity index (χ1) is 12.6. The van der Waals surface area contributed by atoms with Gasteiger partial charge in [-0.3, -0.25) is 4.79 Å². The lowest BCUT2D eigenvalue weighted by Gasteiger charge is -2.27. The number of oxazole rings is 1. The first kappa shape index (κ1) is 16.5. The van der Waals surface area contributed by atoms with Gasteiger partial charge in [-0.2, -0.15) is 0 Å². The fraction of sp³-hybridized carbons (Fsp3) is 0.238. The number of carbonyl (C=O) groups is 1. The van der Waals surface area contributed by atoms with Gasteiger partial charge in [0.25, 0.3) is 5.91 Å². The maximum absolute atomic E-state index is 11.1. The molecule has 0 aliphatic heterocycles. The zero-order valence-electron chi connectivity index (χ0n) is 14.3. The molecule has 0 fully saturated rings. The molecule has 3 aromatic rings. The molecule has 0 saturated heterocycles. The number of aromatic nitrogens is 1. The molecule has 2 unspecified atom stereocenters. The molecule has 0 bridgehead atoms. The van der Waals surface area contributed by atoms with Crippen molar-refractivity contribution < 1.29 is 14.3 Å². The van der Waals surface area contributed by atoms with E-state index in [1.54, 1.807) is 0 Å². The highest BCUT2D eigenvalue weighted by Gasteiger charge is 2.29. The largest absolute Gasteiger partial charge is 0.433 e. The molecule has 2 aromatic carbocycles. The maximum atomic E-state index is 11.1. The molecule has 1 aliphatic rings. The first-order valence-corrected chi connectivity index (χ1v) is 8.72. The highest BCUT2D eigenvalue weighted by Crippen LogP contribution is 2.35. The van der Waals surface area contributed by atoms with Gasteiger partial charge in [0, 0.05) is 0 Å². The molecule has 0 radical (unpaired) electrons. The highest BCUT2D eigenvalue weighted by atomic mass is 16.4. The van der Waals surface area contributed by atoms with Crippen LogP contribution in [0.3, 0.4) is 0 Å². The van der Waals surface area contributed by atoms with Crippen molar-refractivity contribution in [3.63, 3.8) is 0 Å². The third-order valence-electron chi connectivity index (χ3n) is 5.05. The molecule has 1 aliphatic carbocycles. The van der Waals surface area contributed by atoms with Crippen molar-refractivity contribution in [2.45, 2.75) is 25.4 Å². The minimum absolute atomic E-state index is 0.00412. The van der Waals surface area contributed by atoms with Crippen LogP contribution in [-0.2, 0) is 12.8 Å². The van der Waals surface area contributed by atoms with Crippen molar-refractivity contribution in [2.24, 2.45) is 11.7 Å². The first-order valence-electron chi connectivity index (χ1n) is 8.72. The van der Waals surface area contributed by atoms with Crippen LogP contribution in [0.5, 0.6) is 0 Å². The molecule has 132 valence electrons. The Kier molecular flexibility index (Phi) is 4.31. The van der Waals surface area contributed by atoms with Crippen LogP contribution in [0.4, 0.5) is 0 Å². The number of primary amides is 1. The second-order valence-electron chi connectivity index (χ2n) is 6.72. The van der Waals surface area contributed by atoms with Crippen LogP contribution in [0.2, 0.25) is 0 Å². The van der Waals surface area contributed by atoms with E-state index < -0.39 is 12.0 Å². The van der Waals surface area contributed by atoms with Crippen molar-refractivity contribution >= 4 is 5.91 Å². The second-order valence-corrected chi connectivity index (χ2v) is 6.72. The Morgan fingerprint density at radius 2 is 1.96 bits per heavy atom. The van der Waals surface area contributed by atoms with Crippen molar-refractivity contribution in [1.82, 2.24) is 4.98 Å². The summed E-state index contributed by atoms with van der Waals surface area (Å²) in [5.41, 5.74) is 10.1. The number of nitrogens with zero attached hydrogens (tertiary/aromatic N) is 1. The summed E-state index contributed by atoms with van der Waals surface area (Å²) >= 11 is 0. The lowest BCUT2D eigenvalue weighted by atomic mass is 9.80. The molecule has 26 heavy (non-hydrogen) atoms. The number of aryl methyl sites for hydroxylation is 1. The summed E-state index contributed by atoms with van der Waals surface area (Å²) in [6.45, 7) is 0. The molecule has 5 nitrogen and oxygen atoms in total. The Morgan fingerprint density at radius 1 is 1.15 bits per heavy atom. The number of aliphatic hydroxyl groups excluding tert-OH is 1. The lowest BCUT2D eigenvalue weighted by Crippen LogP contribution is -2.21. The molecule has 4 rings (SSSR count). The summed E-state index contributed by atoms with van der Waals surface area (Å²) in [7, 11) is 0. The van der Waals surface area contributed by atoms with Crippen molar-refractivity contribution in [2.75, 3.05) is 0 Å². The van der Waals surface area contributed by atoms with Crippen molar-refractivity contribution in [1.29, 1.82) is 0 Å². The molecule has 5 heteroatoms. The van der Waals surface area contributed by atoms with Gasteiger partial charge in [-0.15, -0.1) is 0 Å². The third kappa shape index (κ3) is 3.13. The van der Waals surface area contributed by atoms with E-state index in [4.69, 9.17) is 10.2 Å². The minimum Gasteiger partial charge on any atom is -0.433 e. The minimum atomic E-state index is -0.843.